The quantitative estimate of drug-likeness (QED) is 0.779. The van der Waals surface area contributed by atoms with Gasteiger partial charge in [-0.05, 0) is 34.1 Å². The summed E-state index contributed by atoms with van der Waals surface area (Å²) < 4.78 is 25.6. The summed E-state index contributed by atoms with van der Waals surface area (Å²) in [5.41, 5.74) is 3.11. The average Bonchev–Trinajstić information content (AvgIpc) is 3.06. The highest BCUT2D eigenvalue weighted by atomic mass is 32.2. The van der Waals surface area contributed by atoms with Crippen LogP contribution in [-0.4, -0.2) is 79.3 Å². The molecule has 152 valence electrons. The molecule has 0 radical (unpaired) electrons. The minimum atomic E-state index is -2.94. The van der Waals surface area contributed by atoms with Crippen molar-refractivity contribution in [3.8, 4) is 0 Å². The molecule has 0 aliphatic carbocycles. The molecular formula is C18H31N5O3S. The lowest BCUT2D eigenvalue weighted by atomic mass is 10.2. The van der Waals surface area contributed by atoms with Gasteiger partial charge in [0.25, 0.3) is 0 Å². The maximum Gasteiger partial charge on any atom is 0.234 e. The number of carbonyl (C=O) groups is 1. The van der Waals surface area contributed by atoms with Gasteiger partial charge in [0.05, 0.1) is 41.2 Å². The van der Waals surface area contributed by atoms with Crippen LogP contribution in [0.2, 0.25) is 0 Å². The second-order valence-electron chi connectivity index (χ2n) is 8.01. The van der Waals surface area contributed by atoms with Crippen molar-refractivity contribution >= 4 is 21.4 Å². The van der Waals surface area contributed by atoms with Gasteiger partial charge in [0.15, 0.2) is 9.84 Å². The van der Waals surface area contributed by atoms with Crippen LogP contribution in [0, 0.1) is 13.8 Å². The molecule has 9 heteroatoms. The third-order valence-corrected chi connectivity index (χ3v) is 7.10. The van der Waals surface area contributed by atoms with Crippen molar-refractivity contribution in [3.05, 3.63) is 11.4 Å². The first-order valence-electron chi connectivity index (χ1n) is 9.69. The lowest BCUT2D eigenvalue weighted by Gasteiger charge is -2.36. The Morgan fingerprint density at radius 1 is 1.22 bits per heavy atom. The van der Waals surface area contributed by atoms with Crippen molar-refractivity contribution in [2.45, 2.75) is 46.2 Å². The number of carbonyl (C=O) groups excluding carboxylic acids is 1. The molecule has 1 aromatic heterocycles. The molecular weight excluding hydrogens is 366 g/mol. The zero-order chi connectivity index (χ0) is 19.8. The van der Waals surface area contributed by atoms with E-state index in [1.807, 2.05) is 32.4 Å². The number of aryl methyl sites for hydroxylation is 1. The van der Waals surface area contributed by atoms with Crippen molar-refractivity contribution in [1.82, 2.24) is 20.0 Å². The van der Waals surface area contributed by atoms with Crippen LogP contribution in [0.3, 0.4) is 0 Å². The van der Waals surface area contributed by atoms with E-state index in [-0.39, 0.29) is 29.5 Å². The summed E-state index contributed by atoms with van der Waals surface area (Å²) in [7, 11) is -2.94. The lowest BCUT2D eigenvalue weighted by molar-refractivity contribution is -0.122. The number of amides is 1. The number of anilines is 1. The number of piperazine rings is 1. The molecule has 8 nitrogen and oxygen atoms in total. The Labute approximate surface area is 161 Å². The summed E-state index contributed by atoms with van der Waals surface area (Å²) in [6, 6.07) is 0.109. The van der Waals surface area contributed by atoms with E-state index in [0.29, 0.717) is 13.0 Å². The van der Waals surface area contributed by atoms with E-state index in [0.717, 1.165) is 43.3 Å². The summed E-state index contributed by atoms with van der Waals surface area (Å²) in [5, 5.41) is 7.60. The largest absolute Gasteiger partial charge is 0.366 e. The smallest absolute Gasteiger partial charge is 0.234 e. The molecule has 2 saturated heterocycles. The van der Waals surface area contributed by atoms with E-state index < -0.39 is 9.84 Å². The highest BCUT2D eigenvalue weighted by Crippen LogP contribution is 2.31. The molecule has 27 heavy (non-hydrogen) atoms. The fraction of sp³-hybridized carbons (Fsp3) is 0.778. The first-order valence-corrected chi connectivity index (χ1v) is 11.5. The van der Waals surface area contributed by atoms with Gasteiger partial charge in [0, 0.05) is 32.2 Å². The van der Waals surface area contributed by atoms with Crippen LogP contribution in [0.1, 0.15) is 37.7 Å². The minimum absolute atomic E-state index is 0.0523. The SMILES string of the molecule is Cc1nn(C2CCS(=O)(=O)C2)c(C)c1N1CCN(CC(=O)NC(C)C)CC1. The Morgan fingerprint density at radius 3 is 2.44 bits per heavy atom. The van der Waals surface area contributed by atoms with Crippen LogP contribution in [0.15, 0.2) is 0 Å². The second kappa shape index (κ2) is 7.79. The molecule has 0 aromatic carbocycles. The predicted molar refractivity (Wildman–Crippen MR) is 106 cm³/mol. The average molecular weight is 398 g/mol. The number of aromatic nitrogens is 2. The van der Waals surface area contributed by atoms with Crippen LogP contribution in [0.25, 0.3) is 0 Å². The van der Waals surface area contributed by atoms with Gasteiger partial charge in [0.2, 0.25) is 5.91 Å². The van der Waals surface area contributed by atoms with Gasteiger partial charge < -0.3 is 10.2 Å². The topological polar surface area (TPSA) is 87.5 Å². The molecule has 1 atom stereocenters. The summed E-state index contributed by atoms with van der Waals surface area (Å²) in [6.45, 7) is 11.7. The molecule has 0 bridgehead atoms. The highest BCUT2D eigenvalue weighted by molar-refractivity contribution is 7.91. The summed E-state index contributed by atoms with van der Waals surface area (Å²) >= 11 is 0. The van der Waals surface area contributed by atoms with Crippen LogP contribution in [0.5, 0.6) is 0 Å². The summed E-state index contributed by atoms with van der Waals surface area (Å²) in [4.78, 5) is 16.4. The molecule has 2 aliphatic rings. The zero-order valence-electron chi connectivity index (χ0n) is 16.7. The van der Waals surface area contributed by atoms with Crippen molar-refractivity contribution in [1.29, 1.82) is 0 Å². The van der Waals surface area contributed by atoms with Crippen LogP contribution < -0.4 is 10.2 Å². The van der Waals surface area contributed by atoms with E-state index in [1.54, 1.807) is 0 Å². The Hall–Kier alpha value is -1.61. The van der Waals surface area contributed by atoms with Crippen LogP contribution >= 0.6 is 0 Å². The fourth-order valence-electron chi connectivity index (χ4n) is 4.14. The number of nitrogens with zero attached hydrogens (tertiary/aromatic N) is 4. The first-order chi connectivity index (χ1) is 12.7. The van der Waals surface area contributed by atoms with E-state index in [2.05, 4.69) is 20.2 Å². The monoisotopic (exact) mass is 397 g/mol. The molecule has 0 saturated carbocycles. The molecule has 3 rings (SSSR count). The maximum absolute atomic E-state index is 12.0. The number of nitrogens with one attached hydrogen (secondary N) is 1. The predicted octanol–water partition coefficient (Wildman–Crippen LogP) is 0.506. The Bertz CT molecular complexity index is 794. The Morgan fingerprint density at radius 2 is 1.89 bits per heavy atom. The van der Waals surface area contributed by atoms with E-state index >= 15 is 0 Å². The van der Waals surface area contributed by atoms with Gasteiger partial charge >= 0.3 is 0 Å². The maximum atomic E-state index is 12.0. The fourth-order valence-corrected chi connectivity index (χ4v) is 5.83. The molecule has 1 N–H and O–H groups in total. The Kier molecular flexibility index (Phi) is 5.81. The molecule has 1 unspecified atom stereocenters. The van der Waals surface area contributed by atoms with Gasteiger partial charge in [-0.3, -0.25) is 14.4 Å². The van der Waals surface area contributed by atoms with Crippen molar-refractivity contribution in [2.24, 2.45) is 0 Å². The van der Waals surface area contributed by atoms with Gasteiger partial charge in [-0.2, -0.15) is 5.10 Å². The third-order valence-electron chi connectivity index (χ3n) is 5.35. The Balaban J connectivity index is 1.64. The van der Waals surface area contributed by atoms with Crippen molar-refractivity contribution in [2.75, 3.05) is 49.1 Å². The number of hydrogen-bond acceptors (Lipinski definition) is 6. The number of rotatable bonds is 5. The van der Waals surface area contributed by atoms with Crippen LogP contribution in [0.4, 0.5) is 5.69 Å². The second-order valence-corrected chi connectivity index (χ2v) is 10.2. The van der Waals surface area contributed by atoms with Gasteiger partial charge in [-0.25, -0.2) is 8.42 Å². The van der Waals surface area contributed by atoms with E-state index in [9.17, 15) is 13.2 Å². The first kappa shape index (κ1) is 20.1. The molecule has 0 spiro atoms. The standard InChI is InChI=1S/C18H31N5O3S/c1-13(2)19-17(24)11-21-6-8-22(9-7-21)18-14(3)20-23(15(18)4)16-5-10-27(25,26)12-16/h13,16H,5-12H2,1-4H3,(H,19,24). The van der Waals surface area contributed by atoms with Crippen LogP contribution in [-0.2, 0) is 14.6 Å². The molecule has 2 fully saturated rings. The van der Waals surface area contributed by atoms with E-state index in [1.165, 1.54) is 0 Å². The summed E-state index contributed by atoms with van der Waals surface area (Å²) in [5.74, 6) is 0.511. The molecule has 3 heterocycles. The van der Waals surface area contributed by atoms with E-state index in [4.69, 9.17) is 0 Å². The number of hydrogen-bond donors (Lipinski definition) is 1. The normalized spacial score (nSPS) is 23.1. The third kappa shape index (κ3) is 4.63. The van der Waals surface area contributed by atoms with Gasteiger partial charge in [-0.1, -0.05) is 0 Å². The van der Waals surface area contributed by atoms with Crippen molar-refractivity contribution in [3.63, 3.8) is 0 Å². The number of sulfone groups is 1. The molecule has 1 amide bonds. The summed E-state index contributed by atoms with van der Waals surface area (Å²) in [6.07, 6.45) is 0.641. The molecule has 1 aromatic rings. The minimum Gasteiger partial charge on any atom is -0.366 e. The lowest BCUT2D eigenvalue weighted by Crippen LogP contribution is -2.50. The van der Waals surface area contributed by atoms with Gasteiger partial charge in [0.1, 0.15) is 0 Å². The van der Waals surface area contributed by atoms with Crippen molar-refractivity contribution < 1.29 is 13.2 Å². The van der Waals surface area contributed by atoms with Gasteiger partial charge in [-0.15, -0.1) is 0 Å². The zero-order valence-corrected chi connectivity index (χ0v) is 17.5. The molecule has 2 aliphatic heterocycles. The highest BCUT2D eigenvalue weighted by Gasteiger charge is 2.32.